The first-order valence-electron chi connectivity index (χ1n) is 7.04. The summed E-state index contributed by atoms with van der Waals surface area (Å²) in [5.41, 5.74) is 2.90. The van der Waals surface area contributed by atoms with Crippen molar-refractivity contribution >= 4 is 11.5 Å². The highest BCUT2D eigenvalue weighted by atomic mass is 19.1. The lowest BCUT2D eigenvalue weighted by Crippen LogP contribution is -1.98. The summed E-state index contributed by atoms with van der Waals surface area (Å²) in [4.78, 5) is 4.45. The van der Waals surface area contributed by atoms with Crippen molar-refractivity contribution in [1.82, 2.24) is 0 Å². The van der Waals surface area contributed by atoms with Crippen molar-refractivity contribution in [3.8, 4) is 6.07 Å². The van der Waals surface area contributed by atoms with Crippen LogP contribution in [0.2, 0.25) is 0 Å². The minimum absolute atomic E-state index is 0.292. The SMILES string of the molecule is C=C1CN=C(c2ccc(F)cc2)C=C(c2ccc(C#N)cc2)O1. The molecule has 1 aliphatic heterocycles. The Hall–Kier alpha value is -3.19. The third kappa shape index (κ3) is 3.35. The van der Waals surface area contributed by atoms with Gasteiger partial charge in [0.2, 0.25) is 0 Å². The molecule has 0 radical (unpaired) electrons. The van der Waals surface area contributed by atoms with Crippen LogP contribution in [0.25, 0.3) is 5.76 Å². The zero-order valence-corrected chi connectivity index (χ0v) is 12.3. The molecule has 0 N–H and O–H groups in total. The molecule has 0 spiro atoms. The quantitative estimate of drug-likeness (QED) is 0.839. The van der Waals surface area contributed by atoms with Gasteiger partial charge in [-0.3, -0.25) is 4.99 Å². The maximum atomic E-state index is 13.1. The van der Waals surface area contributed by atoms with Gasteiger partial charge in [-0.15, -0.1) is 0 Å². The molecule has 3 nitrogen and oxygen atoms in total. The van der Waals surface area contributed by atoms with Crippen LogP contribution in [0.1, 0.15) is 16.7 Å². The van der Waals surface area contributed by atoms with Gasteiger partial charge in [0.1, 0.15) is 17.3 Å². The average molecular weight is 304 g/mol. The summed E-state index contributed by atoms with van der Waals surface area (Å²) < 4.78 is 18.8. The van der Waals surface area contributed by atoms with Gasteiger partial charge in [-0.1, -0.05) is 6.58 Å². The van der Waals surface area contributed by atoms with Crippen LogP contribution in [-0.2, 0) is 4.74 Å². The predicted octanol–water partition coefficient (Wildman–Crippen LogP) is 4.07. The monoisotopic (exact) mass is 304 g/mol. The normalized spacial score (nSPS) is 14.2. The molecule has 0 aromatic heterocycles. The van der Waals surface area contributed by atoms with Crippen LogP contribution in [0.3, 0.4) is 0 Å². The summed E-state index contributed by atoms with van der Waals surface area (Å²) in [5, 5.41) is 8.88. The Kier molecular flexibility index (Phi) is 4.03. The summed E-state index contributed by atoms with van der Waals surface area (Å²) >= 11 is 0. The fourth-order valence-corrected chi connectivity index (χ4v) is 2.21. The van der Waals surface area contributed by atoms with Gasteiger partial charge in [0, 0.05) is 17.2 Å². The molecular formula is C19H13FN2O. The number of aliphatic imine (C=N–C) groups is 1. The highest BCUT2D eigenvalue weighted by Crippen LogP contribution is 2.23. The van der Waals surface area contributed by atoms with Gasteiger partial charge in [0.25, 0.3) is 0 Å². The number of nitrogens with zero attached hydrogens (tertiary/aromatic N) is 2. The number of nitriles is 1. The Bertz CT molecular complexity index is 840. The van der Waals surface area contributed by atoms with Crippen molar-refractivity contribution in [2.45, 2.75) is 0 Å². The summed E-state index contributed by atoms with van der Waals surface area (Å²) in [6.45, 7) is 4.18. The van der Waals surface area contributed by atoms with Crippen molar-refractivity contribution in [3.05, 3.63) is 89.5 Å². The topological polar surface area (TPSA) is 45.4 Å². The number of halogens is 1. The predicted molar refractivity (Wildman–Crippen MR) is 87.2 cm³/mol. The number of benzene rings is 2. The van der Waals surface area contributed by atoms with Gasteiger partial charge in [-0.2, -0.15) is 5.26 Å². The largest absolute Gasteiger partial charge is 0.460 e. The number of rotatable bonds is 2. The van der Waals surface area contributed by atoms with E-state index in [-0.39, 0.29) is 5.82 Å². The Morgan fingerprint density at radius 3 is 2.35 bits per heavy atom. The van der Waals surface area contributed by atoms with E-state index in [4.69, 9.17) is 10.00 Å². The molecule has 0 amide bonds. The second-order valence-electron chi connectivity index (χ2n) is 5.05. The molecule has 1 aliphatic rings. The van der Waals surface area contributed by atoms with E-state index < -0.39 is 0 Å². The molecular weight excluding hydrogens is 291 g/mol. The van der Waals surface area contributed by atoms with Gasteiger partial charge >= 0.3 is 0 Å². The zero-order chi connectivity index (χ0) is 16.2. The molecule has 1 heterocycles. The van der Waals surface area contributed by atoms with E-state index in [2.05, 4.69) is 17.6 Å². The molecule has 0 saturated carbocycles. The van der Waals surface area contributed by atoms with Crippen molar-refractivity contribution in [2.75, 3.05) is 6.54 Å². The van der Waals surface area contributed by atoms with E-state index in [1.807, 2.05) is 12.1 Å². The first-order chi connectivity index (χ1) is 11.2. The number of hydrogen-bond acceptors (Lipinski definition) is 3. The second-order valence-corrected chi connectivity index (χ2v) is 5.05. The van der Waals surface area contributed by atoms with Crippen LogP contribution in [0.15, 0.2) is 71.9 Å². The molecule has 0 atom stereocenters. The van der Waals surface area contributed by atoms with Crippen molar-refractivity contribution in [1.29, 1.82) is 5.26 Å². The summed E-state index contributed by atoms with van der Waals surface area (Å²) in [7, 11) is 0. The highest BCUT2D eigenvalue weighted by molar-refractivity contribution is 6.12. The van der Waals surface area contributed by atoms with Gasteiger partial charge in [-0.25, -0.2) is 4.39 Å². The van der Waals surface area contributed by atoms with E-state index >= 15 is 0 Å². The van der Waals surface area contributed by atoms with Gasteiger partial charge in [-0.05, 0) is 48.5 Å². The number of hydrogen-bond donors (Lipinski definition) is 0. The Morgan fingerprint density at radius 1 is 1.04 bits per heavy atom. The maximum absolute atomic E-state index is 13.1. The average Bonchev–Trinajstić information content (AvgIpc) is 2.78. The Labute approximate surface area is 133 Å². The smallest absolute Gasteiger partial charge is 0.136 e. The number of ether oxygens (including phenoxy) is 1. The van der Waals surface area contributed by atoms with Crippen LogP contribution in [0.4, 0.5) is 4.39 Å². The standard InChI is InChI=1S/C19H13FN2O/c1-13-12-22-18(15-6-8-17(20)9-7-15)10-19(23-13)16-4-2-14(11-21)3-5-16/h2-10H,1,12H2. The molecule has 2 aromatic rings. The molecule has 0 unspecified atom stereocenters. The van der Waals surface area contributed by atoms with E-state index in [1.165, 1.54) is 12.1 Å². The molecule has 3 rings (SSSR count). The molecule has 2 aromatic carbocycles. The summed E-state index contributed by atoms with van der Waals surface area (Å²) in [6, 6.07) is 15.3. The lowest BCUT2D eigenvalue weighted by molar-refractivity contribution is 0.381. The number of allylic oxidation sites excluding steroid dienone is 1. The summed E-state index contributed by atoms with van der Waals surface area (Å²) in [5.74, 6) is 0.831. The van der Waals surface area contributed by atoms with Gasteiger partial charge < -0.3 is 4.74 Å². The van der Waals surface area contributed by atoms with Crippen LogP contribution >= 0.6 is 0 Å². The third-order valence-corrected chi connectivity index (χ3v) is 3.39. The van der Waals surface area contributed by atoms with Crippen LogP contribution in [0, 0.1) is 17.1 Å². The fourth-order valence-electron chi connectivity index (χ4n) is 2.21. The first kappa shape index (κ1) is 14.7. The van der Waals surface area contributed by atoms with Crippen molar-refractivity contribution in [3.63, 3.8) is 0 Å². The first-order valence-corrected chi connectivity index (χ1v) is 7.04. The van der Waals surface area contributed by atoms with Crippen LogP contribution < -0.4 is 0 Å². The van der Waals surface area contributed by atoms with E-state index in [9.17, 15) is 4.39 Å². The van der Waals surface area contributed by atoms with Crippen LogP contribution in [-0.4, -0.2) is 12.3 Å². The zero-order valence-electron chi connectivity index (χ0n) is 12.3. The van der Waals surface area contributed by atoms with Gasteiger partial charge in [0.15, 0.2) is 0 Å². The van der Waals surface area contributed by atoms with E-state index in [0.717, 1.165) is 11.1 Å². The second kappa shape index (κ2) is 6.29. The molecule has 0 bridgehead atoms. The lowest BCUT2D eigenvalue weighted by atomic mass is 10.1. The Balaban J connectivity index is 2.00. The minimum atomic E-state index is -0.292. The van der Waals surface area contributed by atoms with Crippen LogP contribution in [0.5, 0.6) is 0 Å². The molecule has 112 valence electrons. The lowest BCUT2D eigenvalue weighted by Gasteiger charge is -2.09. The highest BCUT2D eigenvalue weighted by Gasteiger charge is 2.13. The maximum Gasteiger partial charge on any atom is 0.136 e. The van der Waals surface area contributed by atoms with Crippen molar-refractivity contribution < 1.29 is 9.13 Å². The van der Waals surface area contributed by atoms with E-state index in [0.29, 0.717) is 29.3 Å². The van der Waals surface area contributed by atoms with Gasteiger partial charge in [0.05, 0.1) is 23.9 Å². The third-order valence-electron chi connectivity index (χ3n) is 3.39. The van der Waals surface area contributed by atoms with E-state index in [1.54, 1.807) is 30.3 Å². The summed E-state index contributed by atoms with van der Waals surface area (Å²) in [6.07, 6.45) is 1.80. The van der Waals surface area contributed by atoms with Crippen molar-refractivity contribution in [2.24, 2.45) is 4.99 Å². The molecule has 23 heavy (non-hydrogen) atoms. The molecule has 0 fully saturated rings. The Morgan fingerprint density at radius 2 is 1.70 bits per heavy atom. The molecule has 0 aliphatic carbocycles. The fraction of sp³-hybridized carbons (Fsp3) is 0.0526. The minimum Gasteiger partial charge on any atom is -0.460 e. The molecule has 4 heteroatoms. The molecule has 0 saturated heterocycles.